The average molecular weight is 370 g/mol. The highest BCUT2D eigenvalue weighted by Gasteiger charge is 2.30. The van der Waals surface area contributed by atoms with Gasteiger partial charge >= 0.3 is 5.97 Å². The van der Waals surface area contributed by atoms with Gasteiger partial charge in [0.05, 0.1) is 12.5 Å². The molecule has 27 heavy (non-hydrogen) atoms. The minimum absolute atomic E-state index is 0.0676. The summed E-state index contributed by atoms with van der Waals surface area (Å²) in [5, 5.41) is 13.9. The Kier molecular flexibility index (Phi) is 5.07. The highest BCUT2D eigenvalue weighted by Crippen LogP contribution is 2.18. The lowest BCUT2D eigenvalue weighted by Gasteiger charge is -2.07. The molecule has 3 rings (SSSR count). The number of nitrogens with one attached hydrogen (secondary N) is 2. The Bertz CT molecular complexity index is 913. The Hall–Kier alpha value is -3.42. The smallest absolute Gasteiger partial charge is 0.339 e. The standard InChI is InChI=1S/C19H18N2O6/c1-10-15(19(25)26)8-14(27-10)9-20-17(23)12-4-2-11(3-5-12)6-13-7-16(22)21-18(13)24/h2-5,8,13H,6-7,9H2,1H3,(H,20,23)(H,25,26)(H,21,22,24). The molecule has 8 nitrogen and oxygen atoms in total. The van der Waals surface area contributed by atoms with Gasteiger partial charge in [-0.2, -0.15) is 0 Å². The minimum atomic E-state index is -1.08. The minimum Gasteiger partial charge on any atom is -0.478 e. The van der Waals surface area contributed by atoms with Crippen LogP contribution in [-0.2, 0) is 22.6 Å². The monoisotopic (exact) mass is 370 g/mol. The quantitative estimate of drug-likeness (QED) is 0.660. The van der Waals surface area contributed by atoms with Crippen molar-refractivity contribution in [3.63, 3.8) is 0 Å². The van der Waals surface area contributed by atoms with Crippen LogP contribution in [-0.4, -0.2) is 28.8 Å². The fourth-order valence-corrected chi connectivity index (χ4v) is 2.96. The molecule has 3 amide bonds. The zero-order valence-corrected chi connectivity index (χ0v) is 14.6. The van der Waals surface area contributed by atoms with Gasteiger partial charge in [-0.1, -0.05) is 12.1 Å². The summed E-state index contributed by atoms with van der Waals surface area (Å²) in [5.41, 5.74) is 1.35. The molecule has 0 spiro atoms. The number of furan rings is 1. The van der Waals surface area contributed by atoms with Crippen LogP contribution in [0.15, 0.2) is 34.7 Å². The molecule has 1 fully saturated rings. The number of carbonyl (C=O) groups excluding carboxylic acids is 3. The van der Waals surface area contributed by atoms with Gasteiger partial charge in [0.2, 0.25) is 11.8 Å². The van der Waals surface area contributed by atoms with Crippen LogP contribution in [0.3, 0.4) is 0 Å². The normalized spacial score (nSPS) is 16.3. The fraction of sp³-hybridized carbons (Fsp3) is 0.263. The molecule has 1 saturated heterocycles. The van der Waals surface area contributed by atoms with E-state index in [0.717, 1.165) is 5.56 Å². The third kappa shape index (κ3) is 4.22. The Morgan fingerprint density at radius 3 is 2.52 bits per heavy atom. The van der Waals surface area contributed by atoms with Crippen molar-refractivity contribution in [3.05, 3.63) is 58.5 Å². The first kappa shape index (κ1) is 18.4. The van der Waals surface area contributed by atoms with Crippen LogP contribution in [0, 0.1) is 12.8 Å². The Labute approximate surface area is 154 Å². The highest BCUT2D eigenvalue weighted by atomic mass is 16.4. The van der Waals surface area contributed by atoms with Crippen molar-refractivity contribution in [1.82, 2.24) is 10.6 Å². The lowest BCUT2D eigenvalue weighted by atomic mass is 9.97. The molecule has 1 unspecified atom stereocenters. The summed E-state index contributed by atoms with van der Waals surface area (Å²) in [6.45, 7) is 1.62. The van der Waals surface area contributed by atoms with E-state index < -0.39 is 5.97 Å². The van der Waals surface area contributed by atoms with E-state index in [1.807, 2.05) is 0 Å². The van der Waals surface area contributed by atoms with E-state index in [0.29, 0.717) is 17.7 Å². The molecule has 1 aliphatic rings. The second-order valence-corrected chi connectivity index (χ2v) is 6.38. The van der Waals surface area contributed by atoms with Gasteiger partial charge in [0.15, 0.2) is 0 Å². The summed E-state index contributed by atoms with van der Waals surface area (Å²) in [6.07, 6.45) is 0.616. The largest absolute Gasteiger partial charge is 0.478 e. The summed E-state index contributed by atoms with van der Waals surface area (Å²) in [5.74, 6) is -1.68. The van der Waals surface area contributed by atoms with Crippen molar-refractivity contribution in [2.75, 3.05) is 0 Å². The van der Waals surface area contributed by atoms with Crippen molar-refractivity contribution in [2.45, 2.75) is 26.3 Å². The number of aromatic carboxylic acids is 1. The molecule has 3 N–H and O–H groups in total. The van der Waals surface area contributed by atoms with Crippen LogP contribution in [0.5, 0.6) is 0 Å². The number of hydrogen-bond acceptors (Lipinski definition) is 5. The van der Waals surface area contributed by atoms with Gasteiger partial charge in [-0.15, -0.1) is 0 Å². The summed E-state index contributed by atoms with van der Waals surface area (Å²) < 4.78 is 5.31. The summed E-state index contributed by atoms with van der Waals surface area (Å²) in [7, 11) is 0. The molecule has 1 aromatic carbocycles. The molecule has 0 radical (unpaired) electrons. The molecule has 0 bridgehead atoms. The first-order valence-corrected chi connectivity index (χ1v) is 8.37. The molecule has 1 aliphatic heterocycles. The summed E-state index contributed by atoms with van der Waals surface area (Å²) in [4.78, 5) is 46.0. The first-order chi connectivity index (χ1) is 12.8. The number of benzene rings is 1. The zero-order chi connectivity index (χ0) is 19.6. The summed E-state index contributed by atoms with van der Waals surface area (Å²) >= 11 is 0. The second-order valence-electron chi connectivity index (χ2n) is 6.38. The third-order valence-electron chi connectivity index (χ3n) is 4.39. The van der Waals surface area contributed by atoms with Gasteiger partial charge in [0.25, 0.3) is 5.91 Å². The van der Waals surface area contributed by atoms with E-state index in [1.165, 1.54) is 6.07 Å². The average Bonchev–Trinajstić information content (AvgIpc) is 3.15. The molecule has 2 heterocycles. The van der Waals surface area contributed by atoms with Crippen molar-refractivity contribution < 1.29 is 28.7 Å². The van der Waals surface area contributed by atoms with Crippen molar-refractivity contribution in [3.8, 4) is 0 Å². The van der Waals surface area contributed by atoms with E-state index in [4.69, 9.17) is 9.52 Å². The van der Waals surface area contributed by atoms with Crippen molar-refractivity contribution >= 4 is 23.7 Å². The molecule has 0 saturated carbocycles. The van der Waals surface area contributed by atoms with E-state index >= 15 is 0 Å². The SMILES string of the molecule is Cc1oc(CNC(=O)c2ccc(CC3CC(=O)NC3=O)cc2)cc1C(=O)O. The fourth-order valence-electron chi connectivity index (χ4n) is 2.96. The van der Waals surface area contributed by atoms with E-state index in [1.54, 1.807) is 31.2 Å². The van der Waals surface area contributed by atoms with Gasteiger partial charge in [0, 0.05) is 12.0 Å². The molecule has 8 heteroatoms. The van der Waals surface area contributed by atoms with Crippen LogP contribution in [0.25, 0.3) is 0 Å². The topological polar surface area (TPSA) is 126 Å². The van der Waals surface area contributed by atoms with E-state index in [9.17, 15) is 19.2 Å². The van der Waals surface area contributed by atoms with Gasteiger partial charge < -0.3 is 14.8 Å². The number of aryl methyl sites for hydroxylation is 1. The molecule has 140 valence electrons. The van der Waals surface area contributed by atoms with Gasteiger partial charge in [-0.25, -0.2) is 4.79 Å². The predicted molar refractivity (Wildman–Crippen MR) is 93.0 cm³/mol. The van der Waals surface area contributed by atoms with Gasteiger partial charge in [-0.05, 0) is 37.1 Å². The Morgan fingerprint density at radius 2 is 1.96 bits per heavy atom. The van der Waals surface area contributed by atoms with Crippen LogP contribution < -0.4 is 10.6 Å². The predicted octanol–water partition coefficient (Wildman–Crippen LogP) is 1.42. The molecular weight excluding hydrogens is 352 g/mol. The van der Waals surface area contributed by atoms with Crippen molar-refractivity contribution in [2.24, 2.45) is 5.92 Å². The number of carbonyl (C=O) groups is 4. The number of amides is 3. The van der Waals surface area contributed by atoms with Gasteiger partial charge in [0.1, 0.15) is 17.1 Å². The lowest BCUT2D eigenvalue weighted by Crippen LogP contribution is -2.23. The third-order valence-corrected chi connectivity index (χ3v) is 4.39. The highest BCUT2D eigenvalue weighted by molar-refractivity contribution is 6.03. The maximum Gasteiger partial charge on any atom is 0.339 e. The molecule has 1 aromatic heterocycles. The molecule has 1 atom stereocenters. The Balaban J connectivity index is 1.57. The number of carboxylic acid groups (broad SMARTS) is 1. The van der Waals surface area contributed by atoms with Crippen LogP contribution in [0.4, 0.5) is 0 Å². The van der Waals surface area contributed by atoms with Crippen LogP contribution >= 0.6 is 0 Å². The Morgan fingerprint density at radius 1 is 1.26 bits per heavy atom. The van der Waals surface area contributed by atoms with Crippen molar-refractivity contribution in [1.29, 1.82) is 0 Å². The van der Waals surface area contributed by atoms with Gasteiger partial charge in [-0.3, -0.25) is 19.7 Å². The molecular formula is C19H18N2O6. The molecule has 2 aromatic rings. The summed E-state index contributed by atoms with van der Waals surface area (Å²) in [6, 6.07) is 8.13. The number of rotatable bonds is 6. The maximum absolute atomic E-state index is 12.2. The molecule has 0 aliphatic carbocycles. The number of carboxylic acids is 1. The number of imide groups is 1. The van der Waals surface area contributed by atoms with E-state index in [-0.39, 0.29) is 47.9 Å². The number of hydrogen-bond donors (Lipinski definition) is 3. The lowest BCUT2D eigenvalue weighted by molar-refractivity contribution is -0.125. The zero-order valence-electron chi connectivity index (χ0n) is 14.6. The first-order valence-electron chi connectivity index (χ1n) is 8.37. The maximum atomic E-state index is 12.2. The van der Waals surface area contributed by atoms with Crippen LogP contribution in [0.2, 0.25) is 0 Å². The second kappa shape index (κ2) is 7.45. The van der Waals surface area contributed by atoms with Crippen LogP contribution in [0.1, 0.15) is 44.2 Å². The van der Waals surface area contributed by atoms with E-state index in [2.05, 4.69) is 10.6 Å².